The summed E-state index contributed by atoms with van der Waals surface area (Å²) in [5.74, 6) is 4.81. The molecule has 1 atom stereocenters. The van der Waals surface area contributed by atoms with E-state index in [0.29, 0.717) is 22.9 Å². The molecule has 4 fully saturated rings. The van der Waals surface area contributed by atoms with Crippen molar-refractivity contribution < 1.29 is 4.79 Å². The summed E-state index contributed by atoms with van der Waals surface area (Å²) in [4.78, 5) is 11.7. The van der Waals surface area contributed by atoms with Crippen molar-refractivity contribution in [3.8, 4) is 11.4 Å². The summed E-state index contributed by atoms with van der Waals surface area (Å²) in [6, 6.07) is 7.93. The zero-order valence-electron chi connectivity index (χ0n) is 18.0. The van der Waals surface area contributed by atoms with Crippen LogP contribution < -0.4 is 0 Å². The molecule has 1 N–H and O–H groups in total. The van der Waals surface area contributed by atoms with Crippen LogP contribution in [0.1, 0.15) is 70.8 Å². The van der Waals surface area contributed by atoms with Gasteiger partial charge in [0.15, 0.2) is 0 Å². The van der Waals surface area contributed by atoms with Gasteiger partial charge in [0.1, 0.15) is 5.78 Å². The van der Waals surface area contributed by atoms with Crippen LogP contribution in [0.4, 0.5) is 0 Å². The van der Waals surface area contributed by atoms with Crippen molar-refractivity contribution in [2.24, 2.45) is 29.1 Å². The first kappa shape index (κ1) is 20.2. The summed E-state index contributed by atoms with van der Waals surface area (Å²) >= 11 is 0. The topological polar surface area (TPSA) is 71.5 Å². The molecule has 4 saturated carbocycles. The molecule has 4 aliphatic carbocycles. The number of benzene rings is 1. The molecule has 6 rings (SSSR count). The fraction of sp³-hybridized carbons (Fsp3) is 0.667. The fourth-order valence-corrected chi connectivity index (χ4v) is 6.58. The summed E-state index contributed by atoms with van der Waals surface area (Å²) in [5.41, 5.74) is 2.74. The van der Waals surface area contributed by atoms with Crippen LogP contribution in [0.25, 0.3) is 11.4 Å². The lowest BCUT2D eigenvalue weighted by atomic mass is 9.46. The number of tetrazole rings is 1. The molecule has 1 unspecified atom stereocenters. The number of hydrogen-bond acceptors (Lipinski definition) is 4. The maximum Gasteiger partial charge on any atom is 0.204 e. The van der Waals surface area contributed by atoms with Gasteiger partial charge in [-0.3, -0.25) is 4.79 Å². The zero-order valence-corrected chi connectivity index (χ0v) is 18.0. The van der Waals surface area contributed by atoms with Gasteiger partial charge in [-0.1, -0.05) is 38.1 Å². The third-order valence-corrected chi connectivity index (χ3v) is 7.79. The monoisotopic (exact) mass is 394 g/mol. The molecule has 4 bridgehead atoms. The normalized spacial score (nSPS) is 30.5. The number of carbonyl (C=O) groups excluding carboxylic acids is 1. The Balaban J connectivity index is 0.000000150. The highest BCUT2D eigenvalue weighted by Gasteiger charge is 2.52. The van der Waals surface area contributed by atoms with Crippen LogP contribution in [0.5, 0.6) is 0 Å². The number of hydrogen-bond donors (Lipinski definition) is 1. The fourth-order valence-electron chi connectivity index (χ4n) is 6.58. The lowest BCUT2D eigenvalue weighted by Crippen LogP contribution is -2.49. The number of rotatable bonds is 5. The minimum absolute atomic E-state index is 0.480. The number of carbonyl (C=O) groups is 1. The average Bonchev–Trinajstić information content (AvgIpc) is 3.22. The molecule has 5 heteroatoms. The Morgan fingerprint density at radius 3 is 2.28 bits per heavy atom. The Hall–Kier alpha value is -2.04. The summed E-state index contributed by atoms with van der Waals surface area (Å²) < 4.78 is 0. The second-order valence-corrected chi connectivity index (χ2v) is 9.83. The second-order valence-electron chi connectivity index (χ2n) is 9.83. The molecule has 2 aromatic rings. The molecule has 0 aliphatic heterocycles. The van der Waals surface area contributed by atoms with Gasteiger partial charge in [-0.25, -0.2) is 0 Å². The van der Waals surface area contributed by atoms with Crippen LogP contribution >= 0.6 is 0 Å². The second kappa shape index (κ2) is 8.37. The van der Waals surface area contributed by atoms with E-state index in [4.69, 9.17) is 0 Å². The number of aryl methyl sites for hydroxylation is 1. The van der Waals surface area contributed by atoms with Gasteiger partial charge in [0, 0.05) is 18.4 Å². The predicted octanol–water partition coefficient (Wildman–Crippen LogP) is 5.38. The predicted molar refractivity (Wildman–Crippen MR) is 114 cm³/mol. The van der Waals surface area contributed by atoms with Gasteiger partial charge >= 0.3 is 0 Å². The van der Waals surface area contributed by atoms with Gasteiger partial charge in [-0.05, 0) is 85.3 Å². The lowest BCUT2D eigenvalue weighted by Gasteiger charge is -2.59. The van der Waals surface area contributed by atoms with Crippen LogP contribution in [0.2, 0.25) is 0 Å². The maximum absolute atomic E-state index is 11.7. The van der Waals surface area contributed by atoms with Crippen molar-refractivity contribution in [3.63, 3.8) is 0 Å². The summed E-state index contributed by atoms with van der Waals surface area (Å²) in [5, 5.41) is 13.7. The van der Waals surface area contributed by atoms with Crippen molar-refractivity contribution in [1.82, 2.24) is 20.6 Å². The summed E-state index contributed by atoms with van der Waals surface area (Å²) in [6.07, 6.45) is 10.4. The SMILES string of the molecule is CCC(=O)CC(C)C12CC3CC(CC(C3)C1)C2.Cc1ccccc1-c1nn[nH]n1. The van der Waals surface area contributed by atoms with E-state index in [2.05, 4.69) is 27.5 Å². The number of aromatic amines is 1. The summed E-state index contributed by atoms with van der Waals surface area (Å²) in [6.45, 7) is 6.39. The van der Waals surface area contributed by atoms with Crippen molar-refractivity contribution in [2.75, 3.05) is 0 Å². The minimum Gasteiger partial charge on any atom is -0.300 e. The van der Waals surface area contributed by atoms with Crippen molar-refractivity contribution >= 4 is 5.78 Å². The molecule has 5 nitrogen and oxygen atoms in total. The first-order chi connectivity index (χ1) is 14.0. The van der Waals surface area contributed by atoms with Crippen molar-refractivity contribution in [3.05, 3.63) is 29.8 Å². The Morgan fingerprint density at radius 1 is 1.14 bits per heavy atom. The third kappa shape index (κ3) is 4.29. The van der Waals surface area contributed by atoms with E-state index < -0.39 is 0 Å². The molecular formula is C24H34N4O. The first-order valence-corrected chi connectivity index (χ1v) is 11.3. The molecule has 29 heavy (non-hydrogen) atoms. The van der Waals surface area contributed by atoms with Crippen molar-refractivity contribution in [2.45, 2.75) is 72.1 Å². The highest BCUT2D eigenvalue weighted by molar-refractivity contribution is 5.78. The van der Waals surface area contributed by atoms with E-state index in [1.165, 1.54) is 38.5 Å². The van der Waals surface area contributed by atoms with Crippen LogP contribution in [0.3, 0.4) is 0 Å². The molecule has 0 spiro atoms. The van der Waals surface area contributed by atoms with E-state index in [0.717, 1.165) is 41.7 Å². The highest BCUT2D eigenvalue weighted by Crippen LogP contribution is 2.63. The Bertz CT molecular complexity index is 794. The van der Waals surface area contributed by atoms with E-state index >= 15 is 0 Å². The summed E-state index contributed by atoms with van der Waals surface area (Å²) in [7, 11) is 0. The number of H-pyrrole nitrogens is 1. The standard InChI is InChI=1S/C16H26O.C8H8N4/c1-3-15(17)4-11(2)16-8-12-5-13(9-16)7-14(6-12)10-16;1-6-4-2-3-5-7(6)8-9-11-12-10-8/h11-14H,3-10H2,1-2H3;2-5H,1H3,(H,9,10,11,12). The average molecular weight is 395 g/mol. The maximum atomic E-state index is 11.7. The molecule has 4 aliphatic rings. The molecule has 1 heterocycles. The third-order valence-electron chi connectivity index (χ3n) is 7.79. The molecule has 0 amide bonds. The Kier molecular flexibility index (Phi) is 5.84. The molecule has 1 aromatic carbocycles. The molecule has 156 valence electrons. The van der Waals surface area contributed by atoms with Gasteiger partial charge in [0.2, 0.25) is 5.82 Å². The van der Waals surface area contributed by atoms with Crippen LogP contribution in [-0.2, 0) is 4.79 Å². The highest BCUT2D eigenvalue weighted by atomic mass is 16.1. The quantitative estimate of drug-likeness (QED) is 0.739. The molecule has 0 radical (unpaired) electrons. The van der Waals surface area contributed by atoms with Gasteiger partial charge < -0.3 is 0 Å². The molecule has 0 saturated heterocycles. The Labute approximate surface area is 174 Å². The van der Waals surface area contributed by atoms with Gasteiger partial charge in [0.05, 0.1) is 0 Å². The molecule has 1 aromatic heterocycles. The minimum atomic E-state index is 0.480. The van der Waals surface area contributed by atoms with Gasteiger partial charge in [0.25, 0.3) is 0 Å². The largest absolute Gasteiger partial charge is 0.300 e. The number of aromatic nitrogens is 4. The lowest BCUT2D eigenvalue weighted by molar-refractivity contribution is -0.125. The number of nitrogens with one attached hydrogen (secondary N) is 1. The molecular weight excluding hydrogens is 360 g/mol. The van der Waals surface area contributed by atoms with E-state index in [1.807, 2.05) is 38.1 Å². The first-order valence-electron chi connectivity index (χ1n) is 11.3. The van der Waals surface area contributed by atoms with Crippen LogP contribution in [-0.4, -0.2) is 26.4 Å². The van der Waals surface area contributed by atoms with Gasteiger partial charge in [-0.2, -0.15) is 5.21 Å². The van der Waals surface area contributed by atoms with E-state index in [-0.39, 0.29) is 0 Å². The van der Waals surface area contributed by atoms with Crippen LogP contribution in [0, 0.1) is 36.0 Å². The Morgan fingerprint density at radius 2 is 1.76 bits per heavy atom. The smallest absolute Gasteiger partial charge is 0.204 e. The van der Waals surface area contributed by atoms with E-state index in [9.17, 15) is 4.79 Å². The van der Waals surface area contributed by atoms with Gasteiger partial charge in [-0.15, -0.1) is 10.2 Å². The van der Waals surface area contributed by atoms with Crippen LogP contribution in [0.15, 0.2) is 24.3 Å². The van der Waals surface area contributed by atoms with E-state index in [1.54, 1.807) is 0 Å². The zero-order chi connectivity index (χ0) is 20.4. The number of Topliss-reactive ketones (excluding diaryl/α,β-unsaturated/α-hetero) is 1. The number of ketones is 1. The van der Waals surface area contributed by atoms with Crippen molar-refractivity contribution in [1.29, 1.82) is 0 Å². The number of nitrogens with zero attached hydrogens (tertiary/aromatic N) is 3.